The fraction of sp³-hybridized carbons (Fsp3) is 0.571. The van der Waals surface area contributed by atoms with Crippen molar-refractivity contribution in [2.75, 3.05) is 32.9 Å². The quantitative estimate of drug-likeness (QED) is 0.667. The molecule has 2 rings (SSSR count). The van der Waals surface area contributed by atoms with E-state index in [9.17, 15) is 5.11 Å². The highest BCUT2D eigenvalue weighted by Gasteiger charge is 2.14. The number of rotatable bonds is 6. The lowest BCUT2D eigenvalue weighted by atomic mass is 10.1. The van der Waals surface area contributed by atoms with Crippen molar-refractivity contribution in [3.8, 4) is 11.5 Å². The van der Waals surface area contributed by atoms with Crippen molar-refractivity contribution in [2.24, 2.45) is 0 Å². The summed E-state index contributed by atoms with van der Waals surface area (Å²) < 4.78 is 11.1. The largest absolute Gasteiger partial charge is 0.490 e. The topological polar surface area (TPSA) is 71.0 Å². The second kappa shape index (κ2) is 7.33. The Morgan fingerprint density at radius 2 is 2.00 bits per heavy atom. The van der Waals surface area contributed by atoms with Crippen molar-refractivity contribution < 1.29 is 19.7 Å². The van der Waals surface area contributed by atoms with Gasteiger partial charge in [-0.3, -0.25) is 0 Å². The zero-order chi connectivity index (χ0) is 13.5. The maximum Gasteiger partial charge on any atom is 0.161 e. The molecule has 0 saturated heterocycles. The van der Waals surface area contributed by atoms with E-state index in [4.69, 9.17) is 14.6 Å². The Morgan fingerprint density at radius 3 is 2.79 bits per heavy atom. The van der Waals surface area contributed by atoms with Gasteiger partial charge in [0.1, 0.15) is 0 Å². The van der Waals surface area contributed by atoms with Crippen LogP contribution in [0.25, 0.3) is 0 Å². The number of aliphatic hydroxyl groups is 2. The molecule has 0 bridgehead atoms. The van der Waals surface area contributed by atoms with Gasteiger partial charge in [-0.2, -0.15) is 0 Å². The second-order valence-electron chi connectivity index (χ2n) is 4.55. The van der Waals surface area contributed by atoms with Gasteiger partial charge in [-0.25, -0.2) is 0 Å². The molecule has 0 aliphatic carbocycles. The van der Waals surface area contributed by atoms with Crippen molar-refractivity contribution in [1.29, 1.82) is 0 Å². The van der Waals surface area contributed by atoms with E-state index in [2.05, 4.69) is 5.32 Å². The maximum absolute atomic E-state index is 10.1. The van der Waals surface area contributed by atoms with E-state index >= 15 is 0 Å². The van der Waals surface area contributed by atoms with Crippen LogP contribution >= 0.6 is 0 Å². The van der Waals surface area contributed by atoms with Gasteiger partial charge in [0.05, 0.1) is 19.3 Å². The first-order valence-corrected chi connectivity index (χ1v) is 6.70. The van der Waals surface area contributed by atoms with Crippen LogP contribution in [0.15, 0.2) is 18.2 Å². The molecule has 0 radical (unpaired) electrons. The summed E-state index contributed by atoms with van der Waals surface area (Å²) in [6, 6.07) is 5.53. The van der Waals surface area contributed by atoms with E-state index in [1.165, 1.54) is 0 Å². The lowest BCUT2D eigenvalue weighted by molar-refractivity contribution is 0.172. The van der Waals surface area contributed by atoms with Gasteiger partial charge in [0.2, 0.25) is 0 Å². The summed E-state index contributed by atoms with van der Waals surface area (Å²) in [4.78, 5) is 0. The van der Waals surface area contributed by atoms with Crippen LogP contribution in [0.2, 0.25) is 0 Å². The normalized spacial score (nSPS) is 15.9. The third-order valence-electron chi connectivity index (χ3n) is 3.01. The molecule has 1 aromatic rings. The van der Waals surface area contributed by atoms with E-state index in [1.807, 2.05) is 18.2 Å². The summed E-state index contributed by atoms with van der Waals surface area (Å²) in [6.45, 7) is 2.61. The molecular formula is C14H21NO4. The minimum Gasteiger partial charge on any atom is -0.490 e. The maximum atomic E-state index is 10.1. The Balaban J connectivity index is 1.94. The number of hydrogen-bond acceptors (Lipinski definition) is 5. The molecule has 0 amide bonds. The molecule has 0 saturated carbocycles. The fourth-order valence-electron chi connectivity index (χ4n) is 1.95. The van der Waals surface area contributed by atoms with Crippen LogP contribution in [0.3, 0.4) is 0 Å². The monoisotopic (exact) mass is 267 g/mol. The molecule has 0 spiro atoms. The Bertz CT molecular complexity index is 397. The van der Waals surface area contributed by atoms with Gasteiger partial charge in [-0.05, 0) is 30.7 Å². The summed E-state index contributed by atoms with van der Waals surface area (Å²) in [5.41, 5.74) is 0.806. The number of ether oxygens (including phenoxy) is 2. The molecule has 5 nitrogen and oxygen atoms in total. The first kappa shape index (κ1) is 14.1. The molecule has 3 N–H and O–H groups in total. The van der Waals surface area contributed by atoms with Crippen molar-refractivity contribution in [1.82, 2.24) is 5.32 Å². The molecule has 1 aliphatic heterocycles. The first-order chi connectivity index (χ1) is 9.31. The highest BCUT2D eigenvalue weighted by Crippen LogP contribution is 2.32. The van der Waals surface area contributed by atoms with E-state index in [0.29, 0.717) is 38.5 Å². The third-order valence-corrected chi connectivity index (χ3v) is 3.01. The molecule has 1 aromatic carbocycles. The van der Waals surface area contributed by atoms with Gasteiger partial charge in [0.15, 0.2) is 11.5 Å². The standard InChI is InChI=1S/C14H21NO4/c16-6-1-5-15-10-12(17)11-3-4-13-14(9-11)19-8-2-7-18-13/h3-4,9,12,15-17H,1-2,5-8,10H2. The van der Waals surface area contributed by atoms with Gasteiger partial charge in [-0.1, -0.05) is 6.07 Å². The highest BCUT2D eigenvalue weighted by atomic mass is 16.5. The molecule has 106 valence electrons. The van der Waals surface area contributed by atoms with E-state index in [-0.39, 0.29) is 6.61 Å². The van der Waals surface area contributed by atoms with Crippen LogP contribution < -0.4 is 14.8 Å². The predicted molar refractivity (Wildman–Crippen MR) is 71.6 cm³/mol. The Morgan fingerprint density at radius 1 is 1.21 bits per heavy atom. The number of nitrogens with one attached hydrogen (secondary N) is 1. The lowest BCUT2D eigenvalue weighted by Gasteiger charge is -2.14. The molecule has 1 heterocycles. The number of fused-ring (bicyclic) bond motifs is 1. The van der Waals surface area contributed by atoms with Gasteiger partial charge < -0.3 is 25.0 Å². The van der Waals surface area contributed by atoms with Crippen molar-refractivity contribution >= 4 is 0 Å². The zero-order valence-electron chi connectivity index (χ0n) is 11.0. The van der Waals surface area contributed by atoms with Crippen LogP contribution in [0, 0.1) is 0 Å². The molecule has 5 heteroatoms. The van der Waals surface area contributed by atoms with Crippen molar-refractivity contribution in [2.45, 2.75) is 18.9 Å². The molecule has 0 fully saturated rings. The molecular weight excluding hydrogens is 246 g/mol. The second-order valence-corrected chi connectivity index (χ2v) is 4.55. The van der Waals surface area contributed by atoms with E-state index in [1.54, 1.807) is 0 Å². The van der Waals surface area contributed by atoms with Crippen LogP contribution in [0.5, 0.6) is 11.5 Å². The lowest BCUT2D eigenvalue weighted by Crippen LogP contribution is -2.23. The highest BCUT2D eigenvalue weighted by molar-refractivity contribution is 5.44. The number of aliphatic hydroxyl groups excluding tert-OH is 2. The van der Waals surface area contributed by atoms with Gasteiger partial charge >= 0.3 is 0 Å². The van der Waals surface area contributed by atoms with Gasteiger partial charge in [-0.15, -0.1) is 0 Å². The molecule has 1 aliphatic rings. The average molecular weight is 267 g/mol. The molecule has 1 atom stereocenters. The van der Waals surface area contributed by atoms with Crippen LogP contribution in [-0.2, 0) is 0 Å². The van der Waals surface area contributed by atoms with E-state index < -0.39 is 6.10 Å². The summed E-state index contributed by atoms with van der Waals surface area (Å²) >= 11 is 0. The minimum absolute atomic E-state index is 0.160. The van der Waals surface area contributed by atoms with Crippen LogP contribution in [-0.4, -0.2) is 43.1 Å². The van der Waals surface area contributed by atoms with Gasteiger partial charge in [0, 0.05) is 19.6 Å². The third kappa shape index (κ3) is 4.09. The Hall–Kier alpha value is -1.30. The summed E-state index contributed by atoms with van der Waals surface area (Å²) in [5, 5.41) is 21.8. The fourth-order valence-corrected chi connectivity index (χ4v) is 1.95. The summed E-state index contributed by atoms with van der Waals surface area (Å²) in [7, 11) is 0. The minimum atomic E-state index is -0.587. The summed E-state index contributed by atoms with van der Waals surface area (Å²) in [5.74, 6) is 1.44. The number of benzene rings is 1. The SMILES string of the molecule is OCCCNCC(O)c1ccc2c(c1)OCCCO2. The van der Waals surface area contributed by atoms with Crippen molar-refractivity contribution in [3.05, 3.63) is 23.8 Å². The molecule has 0 aromatic heterocycles. The first-order valence-electron chi connectivity index (χ1n) is 6.70. The Labute approximate surface area is 113 Å². The predicted octanol–water partition coefficient (Wildman–Crippen LogP) is 0.853. The number of hydrogen-bond donors (Lipinski definition) is 3. The molecule has 19 heavy (non-hydrogen) atoms. The van der Waals surface area contributed by atoms with Gasteiger partial charge in [0.25, 0.3) is 0 Å². The average Bonchev–Trinajstić information content (AvgIpc) is 2.67. The molecule has 1 unspecified atom stereocenters. The van der Waals surface area contributed by atoms with Crippen molar-refractivity contribution in [3.63, 3.8) is 0 Å². The summed E-state index contributed by atoms with van der Waals surface area (Å²) in [6.07, 6.45) is 0.971. The smallest absolute Gasteiger partial charge is 0.161 e. The Kier molecular flexibility index (Phi) is 5.44. The van der Waals surface area contributed by atoms with Crippen LogP contribution in [0.4, 0.5) is 0 Å². The van der Waals surface area contributed by atoms with Crippen LogP contribution in [0.1, 0.15) is 24.5 Å². The zero-order valence-corrected chi connectivity index (χ0v) is 11.0. The van der Waals surface area contributed by atoms with E-state index in [0.717, 1.165) is 17.7 Å².